The van der Waals surface area contributed by atoms with Gasteiger partial charge in [0.2, 0.25) is 0 Å². The summed E-state index contributed by atoms with van der Waals surface area (Å²) < 4.78 is 5.28. The molecule has 1 aromatic carbocycles. The molecule has 16 heavy (non-hydrogen) atoms. The second-order valence-electron chi connectivity index (χ2n) is 4.33. The van der Waals surface area contributed by atoms with Crippen LogP contribution in [0.1, 0.15) is 24.5 Å². The number of benzene rings is 1. The molecule has 0 saturated heterocycles. The summed E-state index contributed by atoms with van der Waals surface area (Å²) >= 11 is 0. The zero-order chi connectivity index (χ0) is 12.1. The van der Waals surface area contributed by atoms with Gasteiger partial charge >= 0.3 is 0 Å². The molecule has 0 saturated carbocycles. The van der Waals surface area contributed by atoms with E-state index < -0.39 is 0 Å². The lowest BCUT2D eigenvalue weighted by Gasteiger charge is -2.14. The molecule has 3 nitrogen and oxygen atoms in total. The molecule has 0 aromatic heterocycles. The van der Waals surface area contributed by atoms with E-state index in [9.17, 15) is 0 Å². The molecule has 0 fully saturated rings. The fourth-order valence-electron chi connectivity index (χ4n) is 1.63. The Bertz CT molecular complexity index is 348. The van der Waals surface area contributed by atoms with Crippen molar-refractivity contribution in [1.82, 2.24) is 0 Å². The van der Waals surface area contributed by atoms with Gasteiger partial charge < -0.3 is 15.8 Å². The molecule has 0 radical (unpaired) electrons. The van der Waals surface area contributed by atoms with Crippen molar-refractivity contribution >= 4 is 5.69 Å². The van der Waals surface area contributed by atoms with Gasteiger partial charge in [-0.2, -0.15) is 0 Å². The lowest BCUT2D eigenvalue weighted by atomic mass is 10.1. The first-order valence-electron chi connectivity index (χ1n) is 5.69. The Hall–Kier alpha value is -1.22. The molecule has 0 amide bonds. The molecule has 0 aliphatic rings. The fraction of sp³-hybridized carbons (Fsp3) is 0.538. The highest BCUT2D eigenvalue weighted by molar-refractivity contribution is 5.56. The molecule has 3 heteroatoms. The van der Waals surface area contributed by atoms with Crippen LogP contribution < -0.4 is 15.8 Å². The van der Waals surface area contributed by atoms with Gasteiger partial charge in [0.05, 0.1) is 7.11 Å². The quantitative estimate of drug-likeness (QED) is 0.804. The van der Waals surface area contributed by atoms with E-state index in [1.54, 1.807) is 7.11 Å². The van der Waals surface area contributed by atoms with E-state index in [1.807, 2.05) is 6.92 Å². The van der Waals surface area contributed by atoms with Gasteiger partial charge in [-0.05, 0) is 50.5 Å². The summed E-state index contributed by atoms with van der Waals surface area (Å²) in [4.78, 5) is 0. The standard InChI is InChI=1S/C13H22N2O/c1-9-8-13(16-4)10(2)7-12(9)15-6-5-11(3)14/h7-8,11,15H,5-6,14H2,1-4H3. The highest BCUT2D eigenvalue weighted by Gasteiger charge is 2.04. The zero-order valence-electron chi connectivity index (χ0n) is 10.6. The van der Waals surface area contributed by atoms with E-state index in [2.05, 4.69) is 31.3 Å². The number of methoxy groups -OCH3 is 1. The van der Waals surface area contributed by atoms with Crippen molar-refractivity contribution in [3.8, 4) is 5.75 Å². The van der Waals surface area contributed by atoms with Crippen molar-refractivity contribution in [2.75, 3.05) is 19.0 Å². The van der Waals surface area contributed by atoms with E-state index in [-0.39, 0.29) is 6.04 Å². The van der Waals surface area contributed by atoms with Gasteiger partial charge in [-0.3, -0.25) is 0 Å². The second-order valence-corrected chi connectivity index (χ2v) is 4.33. The molecule has 1 atom stereocenters. The Morgan fingerprint density at radius 1 is 1.31 bits per heavy atom. The third-order valence-corrected chi connectivity index (χ3v) is 2.66. The fourth-order valence-corrected chi connectivity index (χ4v) is 1.63. The molecular formula is C13H22N2O. The van der Waals surface area contributed by atoms with Crippen molar-refractivity contribution in [1.29, 1.82) is 0 Å². The molecule has 1 aromatic rings. The van der Waals surface area contributed by atoms with Crippen LogP contribution in [0.5, 0.6) is 5.75 Å². The minimum absolute atomic E-state index is 0.243. The summed E-state index contributed by atoms with van der Waals surface area (Å²) in [6.45, 7) is 7.06. The van der Waals surface area contributed by atoms with Crippen LogP contribution >= 0.6 is 0 Å². The Kier molecular flexibility index (Phi) is 4.62. The highest BCUT2D eigenvalue weighted by Crippen LogP contribution is 2.25. The van der Waals surface area contributed by atoms with Gasteiger partial charge in [0.15, 0.2) is 0 Å². The number of rotatable bonds is 5. The zero-order valence-corrected chi connectivity index (χ0v) is 10.6. The first-order valence-corrected chi connectivity index (χ1v) is 5.69. The van der Waals surface area contributed by atoms with Crippen molar-refractivity contribution in [2.24, 2.45) is 5.73 Å². The van der Waals surface area contributed by atoms with Crippen LogP contribution in [0.2, 0.25) is 0 Å². The third-order valence-electron chi connectivity index (χ3n) is 2.66. The minimum Gasteiger partial charge on any atom is -0.496 e. The Morgan fingerprint density at radius 3 is 2.56 bits per heavy atom. The Labute approximate surface area is 98.0 Å². The maximum absolute atomic E-state index is 5.71. The van der Waals surface area contributed by atoms with Crippen LogP contribution in [0.25, 0.3) is 0 Å². The average molecular weight is 222 g/mol. The number of anilines is 1. The van der Waals surface area contributed by atoms with Crippen LogP contribution in [0.4, 0.5) is 5.69 Å². The monoisotopic (exact) mass is 222 g/mol. The van der Waals surface area contributed by atoms with Gasteiger partial charge in [0.1, 0.15) is 5.75 Å². The Morgan fingerprint density at radius 2 is 2.00 bits per heavy atom. The maximum Gasteiger partial charge on any atom is 0.122 e. The van der Waals surface area contributed by atoms with Crippen LogP contribution in [0.3, 0.4) is 0 Å². The molecule has 0 aliphatic heterocycles. The number of hydrogen-bond acceptors (Lipinski definition) is 3. The molecule has 0 aliphatic carbocycles. The SMILES string of the molecule is COc1cc(C)c(NCCC(C)N)cc1C. The van der Waals surface area contributed by atoms with Crippen molar-refractivity contribution in [2.45, 2.75) is 33.2 Å². The topological polar surface area (TPSA) is 47.3 Å². The summed E-state index contributed by atoms with van der Waals surface area (Å²) in [6, 6.07) is 4.42. The largest absolute Gasteiger partial charge is 0.496 e. The van der Waals surface area contributed by atoms with E-state index in [1.165, 1.54) is 11.3 Å². The van der Waals surface area contributed by atoms with Crippen LogP contribution in [0.15, 0.2) is 12.1 Å². The maximum atomic E-state index is 5.71. The summed E-state index contributed by atoms with van der Waals surface area (Å²) in [6.07, 6.45) is 0.977. The number of nitrogens with one attached hydrogen (secondary N) is 1. The predicted octanol–water partition coefficient (Wildman–Crippen LogP) is 2.46. The number of nitrogens with two attached hydrogens (primary N) is 1. The lowest BCUT2D eigenvalue weighted by molar-refractivity contribution is 0.411. The second kappa shape index (κ2) is 5.75. The van der Waals surface area contributed by atoms with Crippen LogP contribution in [-0.4, -0.2) is 19.7 Å². The number of hydrogen-bond donors (Lipinski definition) is 2. The van der Waals surface area contributed by atoms with Gasteiger partial charge in [-0.25, -0.2) is 0 Å². The minimum atomic E-state index is 0.243. The van der Waals surface area contributed by atoms with E-state index in [0.717, 1.165) is 24.3 Å². The van der Waals surface area contributed by atoms with E-state index in [4.69, 9.17) is 10.5 Å². The van der Waals surface area contributed by atoms with Crippen LogP contribution in [0, 0.1) is 13.8 Å². The first kappa shape index (κ1) is 12.8. The molecular weight excluding hydrogens is 200 g/mol. The summed E-state index contributed by atoms with van der Waals surface area (Å²) in [5.41, 5.74) is 9.23. The lowest BCUT2D eigenvalue weighted by Crippen LogP contribution is -2.19. The summed E-state index contributed by atoms with van der Waals surface area (Å²) in [5, 5.41) is 3.40. The number of aryl methyl sites for hydroxylation is 2. The first-order chi connectivity index (χ1) is 7.54. The summed E-state index contributed by atoms with van der Waals surface area (Å²) in [7, 11) is 1.70. The van der Waals surface area contributed by atoms with Crippen LogP contribution in [-0.2, 0) is 0 Å². The smallest absolute Gasteiger partial charge is 0.122 e. The number of ether oxygens (including phenoxy) is 1. The van der Waals surface area contributed by atoms with Crippen molar-refractivity contribution < 1.29 is 4.74 Å². The van der Waals surface area contributed by atoms with Gasteiger partial charge in [-0.15, -0.1) is 0 Å². The van der Waals surface area contributed by atoms with Gasteiger partial charge in [-0.1, -0.05) is 0 Å². The van der Waals surface area contributed by atoms with Crippen molar-refractivity contribution in [3.05, 3.63) is 23.3 Å². The molecule has 0 heterocycles. The normalized spacial score (nSPS) is 12.3. The highest BCUT2D eigenvalue weighted by atomic mass is 16.5. The molecule has 1 rings (SSSR count). The summed E-state index contributed by atoms with van der Waals surface area (Å²) in [5.74, 6) is 0.940. The molecule has 0 spiro atoms. The molecule has 0 bridgehead atoms. The van der Waals surface area contributed by atoms with E-state index in [0.29, 0.717) is 0 Å². The van der Waals surface area contributed by atoms with E-state index >= 15 is 0 Å². The third kappa shape index (κ3) is 3.42. The van der Waals surface area contributed by atoms with Gasteiger partial charge in [0.25, 0.3) is 0 Å². The molecule has 1 unspecified atom stereocenters. The molecule has 3 N–H and O–H groups in total. The average Bonchev–Trinajstić information content (AvgIpc) is 2.22. The van der Waals surface area contributed by atoms with Crippen molar-refractivity contribution in [3.63, 3.8) is 0 Å². The Balaban J connectivity index is 2.70. The van der Waals surface area contributed by atoms with Gasteiger partial charge in [0, 0.05) is 18.3 Å². The predicted molar refractivity (Wildman–Crippen MR) is 69.2 cm³/mol. The molecule has 90 valence electrons.